The number of rotatable bonds is 9. The van der Waals surface area contributed by atoms with Crippen LogP contribution in [0.15, 0.2) is 42.4 Å². The summed E-state index contributed by atoms with van der Waals surface area (Å²) in [5.74, 6) is -1.13. The summed E-state index contributed by atoms with van der Waals surface area (Å²) in [7, 11) is 0. The molecule has 0 aromatic heterocycles. The third-order valence-corrected chi connectivity index (χ3v) is 3.12. The van der Waals surface area contributed by atoms with Gasteiger partial charge in [0, 0.05) is 4.92 Å². The van der Waals surface area contributed by atoms with Crippen LogP contribution in [0, 0.1) is 10.1 Å². The second kappa shape index (κ2) is 8.11. The Kier molecular flexibility index (Phi) is 5.89. The number of hydroxylamine groups is 1. The van der Waals surface area contributed by atoms with E-state index in [1.165, 1.54) is 6.26 Å². The fraction of sp³-hybridized carbons (Fsp3) is 0.357. The Morgan fingerprint density at radius 1 is 1.43 bits per heavy atom. The number of aliphatic carboxylic acids is 1. The molecule has 0 bridgehead atoms. The number of carboxylic acid groups (broad SMARTS) is 1. The summed E-state index contributed by atoms with van der Waals surface area (Å²) in [6.07, 6.45) is 1.43. The predicted molar refractivity (Wildman–Crippen MR) is 76.6 cm³/mol. The molecular weight excluding hydrogens is 308 g/mol. The van der Waals surface area contributed by atoms with Crippen molar-refractivity contribution in [3.63, 3.8) is 0 Å². The van der Waals surface area contributed by atoms with Gasteiger partial charge in [-0.3, -0.25) is 15.0 Å². The predicted octanol–water partition coefficient (Wildman–Crippen LogP) is 0.694. The van der Waals surface area contributed by atoms with E-state index in [4.69, 9.17) is 19.4 Å². The third-order valence-electron chi connectivity index (χ3n) is 3.12. The van der Waals surface area contributed by atoms with E-state index in [1.807, 2.05) is 18.2 Å². The van der Waals surface area contributed by atoms with Gasteiger partial charge in [-0.25, -0.2) is 4.79 Å². The van der Waals surface area contributed by atoms with Gasteiger partial charge in [-0.15, -0.1) is 0 Å². The molecule has 1 heterocycles. The summed E-state index contributed by atoms with van der Waals surface area (Å²) in [4.78, 5) is 26.3. The van der Waals surface area contributed by atoms with E-state index in [0.29, 0.717) is 0 Å². The molecule has 0 radical (unpaired) electrons. The van der Waals surface area contributed by atoms with Crippen LogP contribution < -0.4 is 5.48 Å². The third kappa shape index (κ3) is 4.94. The van der Waals surface area contributed by atoms with E-state index in [1.54, 1.807) is 12.1 Å². The smallest absolute Gasteiger partial charge is 0.331 e. The van der Waals surface area contributed by atoms with Crippen molar-refractivity contribution in [3.05, 3.63) is 58.0 Å². The van der Waals surface area contributed by atoms with Gasteiger partial charge in [-0.05, 0) is 12.0 Å². The number of nitrogens with one attached hydrogen (secondary N) is 1. The highest BCUT2D eigenvalue weighted by Gasteiger charge is 2.39. The zero-order valence-electron chi connectivity index (χ0n) is 12.1. The van der Waals surface area contributed by atoms with Crippen molar-refractivity contribution < 1.29 is 29.1 Å². The summed E-state index contributed by atoms with van der Waals surface area (Å²) in [5, 5.41) is 20.1. The summed E-state index contributed by atoms with van der Waals surface area (Å²) in [6.45, 7) is -0.708. The maximum Gasteiger partial charge on any atom is 0.331 e. The van der Waals surface area contributed by atoms with Crippen LogP contribution in [-0.4, -0.2) is 41.5 Å². The first kappa shape index (κ1) is 16.7. The molecule has 2 atom stereocenters. The van der Waals surface area contributed by atoms with Crippen molar-refractivity contribution >= 4 is 5.97 Å². The molecule has 0 amide bonds. The Balaban J connectivity index is 2.15. The average Bonchev–Trinajstić information content (AvgIpc) is 3.01. The Morgan fingerprint density at radius 2 is 2.17 bits per heavy atom. The van der Waals surface area contributed by atoms with Crippen LogP contribution in [0.25, 0.3) is 0 Å². The molecule has 1 aromatic carbocycles. The Hall–Kier alpha value is -2.65. The van der Waals surface area contributed by atoms with Crippen molar-refractivity contribution in [3.8, 4) is 0 Å². The number of hydrogen-bond acceptors (Lipinski definition) is 7. The van der Waals surface area contributed by atoms with E-state index < -0.39 is 29.6 Å². The number of benzene rings is 1. The highest BCUT2D eigenvalue weighted by molar-refractivity contribution is 5.67. The van der Waals surface area contributed by atoms with Crippen LogP contribution in [0.4, 0.5) is 0 Å². The van der Waals surface area contributed by atoms with Gasteiger partial charge < -0.3 is 14.6 Å². The minimum atomic E-state index is -1.27. The molecular formula is C14H16N2O7. The molecule has 9 heteroatoms. The zero-order chi connectivity index (χ0) is 16.7. The first-order valence-electron chi connectivity index (χ1n) is 6.79. The van der Waals surface area contributed by atoms with Gasteiger partial charge in [0.2, 0.25) is 12.6 Å². The van der Waals surface area contributed by atoms with E-state index in [-0.39, 0.29) is 19.0 Å². The normalized spacial score (nSPS) is 15.9. The van der Waals surface area contributed by atoms with Crippen molar-refractivity contribution in [2.45, 2.75) is 18.5 Å². The highest BCUT2D eigenvalue weighted by atomic mass is 16.7. The van der Waals surface area contributed by atoms with Gasteiger partial charge >= 0.3 is 5.97 Å². The molecule has 1 aliphatic rings. The first-order valence-corrected chi connectivity index (χ1v) is 6.79. The van der Waals surface area contributed by atoms with Gasteiger partial charge in [-0.2, -0.15) is 5.48 Å². The van der Waals surface area contributed by atoms with Crippen molar-refractivity contribution in [2.75, 3.05) is 13.4 Å². The molecule has 0 spiro atoms. The first-order chi connectivity index (χ1) is 11.1. The summed E-state index contributed by atoms with van der Waals surface area (Å²) < 4.78 is 9.99. The molecule has 9 nitrogen and oxygen atoms in total. The molecule has 23 heavy (non-hydrogen) atoms. The van der Waals surface area contributed by atoms with Crippen molar-refractivity contribution in [1.82, 2.24) is 5.48 Å². The van der Waals surface area contributed by atoms with E-state index in [2.05, 4.69) is 5.48 Å². The van der Waals surface area contributed by atoms with Crippen LogP contribution in [0.1, 0.15) is 5.56 Å². The van der Waals surface area contributed by atoms with Crippen LogP contribution >= 0.6 is 0 Å². The van der Waals surface area contributed by atoms with Gasteiger partial charge in [0.25, 0.3) is 6.04 Å². The largest absolute Gasteiger partial charge is 0.479 e. The molecule has 0 saturated carbocycles. The lowest BCUT2D eigenvalue weighted by Gasteiger charge is -2.21. The lowest BCUT2D eigenvalue weighted by molar-refractivity contribution is -0.523. The number of ether oxygens (including phenoxy) is 2. The summed E-state index contributed by atoms with van der Waals surface area (Å²) >= 11 is 0. The lowest BCUT2D eigenvalue weighted by atomic mass is 9.99. The van der Waals surface area contributed by atoms with E-state index in [0.717, 1.165) is 5.56 Å². The van der Waals surface area contributed by atoms with Crippen LogP contribution in [0.3, 0.4) is 0 Å². The number of nitro groups is 1. The zero-order valence-corrected chi connectivity index (χ0v) is 12.1. The number of nitrogens with zero attached hydrogens (tertiary/aromatic N) is 1. The van der Waals surface area contributed by atoms with Crippen LogP contribution in [-0.2, 0) is 25.5 Å². The van der Waals surface area contributed by atoms with Crippen LogP contribution in [0.2, 0.25) is 0 Å². The quantitative estimate of drug-likeness (QED) is 0.503. The van der Waals surface area contributed by atoms with E-state index >= 15 is 0 Å². The van der Waals surface area contributed by atoms with Gasteiger partial charge in [-0.1, -0.05) is 30.3 Å². The highest BCUT2D eigenvalue weighted by Crippen LogP contribution is 2.20. The topological polar surface area (TPSA) is 120 Å². The maximum atomic E-state index is 11.4. The standard InChI is InChI=1S/C14H16N2O7/c17-13(18)8-23-15-11(6-10-4-2-1-3-5-10)14(16(19)20)12-7-21-9-22-12/h1-5,7,11,14-15H,6,8-9H2,(H,17,18). The fourth-order valence-electron chi connectivity index (χ4n) is 2.15. The molecule has 0 fully saturated rings. The van der Waals surface area contributed by atoms with Gasteiger partial charge in [0.1, 0.15) is 12.3 Å². The lowest BCUT2D eigenvalue weighted by Crippen LogP contribution is -2.47. The average molecular weight is 324 g/mol. The van der Waals surface area contributed by atoms with Gasteiger partial charge in [0.05, 0.1) is 0 Å². The minimum absolute atomic E-state index is 0.0577. The molecule has 124 valence electrons. The molecule has 1 aromatic rings. The van der Waals surface area contributed by atoms with Crippen molar-refractivity contribution in [2.24, 2.45) is 0 Å². The molecule has 2 rings (SSSR count). The SMILES string of the molecule is O=C(O)CONC(Cc1ccccc1)C(C1=COCO1)[N+](=O)[O-]. The molecule has 1 aliphatic heterocycles. The molecule has 2 unspecified atom stereocenters. The molecule has 2 N–H and O–H groups in total. The van der Waals surface area contributed by atoms with Gasteiger partial charge in [0.15, 0.2) is 6.61 Å². The van der Waals surface area contributed by atoms with Crippen LogP contribution in [0.5, 0.6) is 0 Å². The maximum absolute atomic E-state index is 11.4. The summed E-state index contributed by atoms with van der Waals surface area (Å²) in [5.41, 5.74) is 3.29. The fourth-order valence-corrected chi connectivity index (χ4v) is 2.15. The molecule has 0 saturated heterocycles. The summed E-state index contributed by atoms with van der Waals surface area (Å²) in [6, 6.07) is 6.95. The number of carboxylic acids is 1. The number of carbonyl (C=O) groups is 1. The Morgan fingerprint density at radius 3 is 2.74 bits per heavy atom. The second-order valence-corrected chi connectivity index (χ2v) is 4.78. The van der Waals surface area contributed by atoms with E-state index in [9.17, 15) is 14.9 Å². The van der Waals surface area contributed by atoms with Crippen molar-refractivity contribution in [1.29, 1.82) is 0 Å². The number of hydrogen-bond donors (Lipinski definition) is 2. The Bertz CT molecular complexity index is 576. The minimum Gasteiger partial charge on any atom is -0.479 e. The Labute approximate surface area is 131 Å². The monoisotopic (exact) mass is 324 g/mol. The molecule has 0 aliphatic carbocycles. The second-order valence-electron chi connectivity index (χ2n) is 4.78.